The molecule has 1 aliphatic heterocycles. The Balaban J connectivity index is 2.41. The molecule has 2 amide bonds. The zero-order valence-electron chi connectivity index (χ0n) is 11.1. The van der Waals surface area contributed by atoms with E-state index >= 15 is 0 Å². The zero-order chi connectivity index (χ0) is 15.3. The van der Waals surface area contributed by atoms with Crippen LogP contribution in [0.25, 0.3) is 0 Å². The number of alkyl halides is 3. The number of carboxylic acid groups (broad SMARTS) is 1. The summed E-state index contributed by atoms with van der Waals surface area (Å²) < 4.78 is 36.6. The maximum Gasteiger partial charge on any atom is 0.401 e. The number of carboxylic acids is 1. The normalized spacial score (nSPS) is 18.7. The van der Waals surface area contributed by atoms with E-state index in [2.05, 4.69) is 5.32 Å². The van der Waals surface area contributed by atoms with Gasteiger partial charge >= 0.3 is 18.2 Å². The number of rotatable bonds is 4. The molecule has 0 aromatic carbocycles. The molecule has 9 heteroatoms. The summed E-state index contributed by atoms with van der Waals surface area (Å²) >= 11 is 0. The average molecular weight is 297 g/mol. The van der Waals surface area contributed by atoms with Crippen LogP contribution in [0.15, 0.2) is 0 Å². The lowest BCUT2D eigenvalue weighted by Gasteiger charge is -2.35. The van der Waals surface area contributed by atoms with Gasteiger partial charge in [0.1, 0.15) is 6.04 Å². The van der Waals surface area contributed by atoms with E-state index < -0.39 is 30.8 Å². The molecule has 1 saturated heterocycles. The van der Waals surface area contributed by atoms with Gasteiger partial charge in [0.05, 0.1) is 6.54 Å². The molecule has 0 aromatic heterocycles. The first kappa shape index (κ1) is 16.5. The van der Waals surface area contributed by atoms with Crippen LogP contribution in [0, 0.1) is 0 Å². The Kier molecular flexibility index (Phi) is 5.61. The number of piperazine rings is 1. The van der Waals surface area contributed by atoms with Gasteiger partial charge < -0.3 is 15.3 Å². The number of carbonyl (C=O) groups is 2. The number of amides is 2. The topological polar surface area (TPSA) is 72.9 Å². The van der Waals surface area contributed by atoms with Crippen LogP contribution in [0.4, 0.5) is 18.0 Å². The van der Waals surface area contributed by atoms with Crippen molar-refractivity contribution in [3.63, 3.8) is 0 Å². The van der Waals surface area contributed by atoms with Crippen molar-refractivity contribution in [2.24, 2.45) is 0 Å². The van der Waals surface area contributed by atoms with Crippen molar-refractivity contribution in [1.82, 2.24) is 15.1 Å². The predicted octanol–water partition coefficient (Wildman–Crippen LogP) is 0.739. The standard InChI is InChI=1S/C11H18F3N3O3/c1-2-8(9(18)19)15-10(20)17-5-3-16(4-6-17)7-11(12,13)14/h8H,2-7H2,1H3,(H,15,20)(H,18,19). The summed E-state index contributed by atoms with van der Waals surface area (Å²) in [6.45, 7) is 1.18. The first-order valence-corrected chi connectivity index (χ1v) is 6.30. The average Bonchev–Trinajstić information content (AvgIpc) is 2.34. The molecular formula is C11H18F3N3O3. The molecule has 6 nitrogen and oxygen atoms in total. The van der Waals surface area contributed by atoms with E-state index in [1.54, 1.807) is 6.92 Å². The molecular weight excluding hydrogens is 279 g/mol. The number of urea groups is 1. The highest BCUT2D eigenvalue weighted by Crippen LogP contribution is 2.17. The molecule has 0 bridgehead atoms. The van der Waals surface area contributed by atoms with E-state index in [-0.39, 0.29) is 32.6 Å². The Bertz CT molecular complexity index is 355. The Morgan fingerprint density at radius 3 is 2.20 bits per heavy atom. The fraction of sp³-hybridized carbons (Fsp3) is 0.818. The number of halogens is 3. The number of carbonyl (C=O) groups excluding carboxylic acids is 1. The molecule has 2 N–H and O–H groups in total. The summed E-state index contributed by atoms with van der Waals surface area (Å²) in [5.41, 5.74) is 0. The quantitative estimate of drug-likeness (QED) is 0.803. The lowest BCUT2D eigenvalue weighted by Crippen LogP contribution is -2.55. The Labute approximate surface area is 114 Å². The summed E-state index contributed by atoms with van der Waals surface area (Å²) in [6.07, 6.45) is -4.00. The molecule has 0 aromatic rings. The van der Waals surface area contributed by atoms with E-state index in [0.717, 1.165) is 0 Å². The highest BCUT2D eigenvalue weighted by atomic mass is 19.4. The largest absolute Gasteiger partial charge is 0.480 e. The van der Waals surface area contributed by atoms with Gasteiger partial charge in [0, 0.05) is 26.2 Å². The Morgan fingerprint density at radius 2 is 1.80 bits per heavy atom. The third kappa shape index (κ3) is 5.24. The Morgan fingerprint density at radius 1 is 1.25 bits per heavy atom. The van der Waals surface area contributed by atoms with Crippen LogP contribution in [-0.2, 0) is 4.79 Å². The van der Waals surface area contributed by atoms with Crippen molar-refractivity contribution < 1.29 is 27.9 Å². The Hall–Kier alpha value is -1.51. The minimum atomic E-state index is -4.25. The van der Waals surface area contributed by atoms with Crippen molar-refractivity contribution in [1.29, 1.82) is 0 Å². The smallest absolute Gasteiger partial charge is 0.401 e. The van der Waals surface area contributed by atoms with Gasteiger partial charge in [-0.3, -0.25) is 4.90 Å². The second-order valence-electron chi connectivity index (χ2n) is 4.63. The summed E-state index contributed by atoms with van der Waals surface area (Å²) in [7, 11) is 0. The number of hydrogen-bond acceptors (Lipinski definition) is 3. The number of nitrogens with zero attached hydrogens (tertiary/aromatic N) is 2. The molecule has 0 radical (unpaired) electrons. The molecule has 1 unspecified atom stereocenters. The van der Waals surface area contributed by atoms with Gasteiger partial charge in [-0.25, -0.2) is 9.59 Å². The van der Waals surface area contributed by atoms with E-state index in [1.165, 1.54) is 9.80 Å². The van der Waals surface area contributed by atoms with Gasteiger partial charge in [-0.2, -0.15) is 13.2 Å². The van der Waals surface area contributed by atoms with E-state index in [1.807, 2.05) is 0 Å². The lowest BCUT2D eigenvalue weighted by molar-refractivity contribution is -0.148. The molecule has 0 aliphatic carbocycles. The first-order chi connectivity index (χ1) is 9.23. The van der Waals surface area contributed by atoms with Crippen LogP contribution < -0.4 is 5.32 Å². The van der Waals surface area contributed by atoms with Crippen molar-refractivity contribution in [2.75, 3.05) is 32.7 Å². The zero-order valence-corrected chi connectivity index (χ0v) is 11.1. The number of nitrogens with one attached hydrogen (secondary N) is 1. The summed E-state index contributed by atoms with van der Waals surface area (Å²) in [5, 5.41) is 11.2. The maximum atomic E-state index is 12.2. The second-order valence-corrected chi connectivity index (χ2v) is 4.63. The van der Waals surface area contributed by atoms with Crippen molar-refractivity contribution in [3.8, 4) is 0 Å². The molecule has 20 heavy (non-hydrogen) atoms. The van der Waals surface area contributed by atoms with Crippen molar-refractivity contribution in [3.05, 3.63) is 0 Å². The molecule has 1 heterocycles. The SMILES string of the molecule is CCC(NC(=O)N1CCN(CC(F)(F)F)CC1)C(=O)O. The maximum absolute atomic E-state index is 12.2. The molecule has 0 spiro atoms. The predicted molar refractivity (Wildman–Crippen MR) is 64.3 cm³/mol. The monoisotopic (exact) mass is 297 g/mol. The van der Waals surface area contributed by atoms with Crippen LogP contribution in [0.2, 0.25) is 0 Å². The van der Waals surface area contributed by atoms with Gasteiger partial charge in [-0.1, -0.05) is 6.92 Å². The highest BCUT2D eigenvalue weighted by Gasteiger charge is 2.33. The van der Waals surface area contributed by atoms with Gasteiger partial charge in [0.2, 0.25) is 0 Å². The van der Waals surface area contributed by atoms with Gasteiger partial charge in [0.25, 0.3) is 0 Å². The third-order valence-corrected chi connectivity index (χ3v) is 3.07. The van der Waals surface area contributed by atoms with Crippen molar-refractivity contribution in [2.45, 2.75) is 25.6 Å². The molecule has 116 valence electrons. The van der Waals surface area contributed by atoms with Gasteiger partial charge in [0.15, 0.2) is 0 Å². The van der Waals surface area contributed by atoms with E-state index in [0.29, 0.717) is 0 Å². The van der Waals surface area contributed by atoms with Crippen LogP contribution >= 0.6 is 0 Å². The molecule has 1 atom stereocenters. The van der Waals surface area contributed by atoms with Crippen molar-refractivity contribution >= 4 is 12.0 Å². The molecule has 1 aliphatic rings. The van der Waals surface area contributed by atoms with Crippen LogP contribution in [0.1, 0.15) is 13.3 Å². The lowest BCUT2D eigenvalue weighted by atomic mass is 10.2. The third-order valence-electron chi connectivity index (χ3n) is 3.07. The minimum absolute atomic E-state index is 0.122. The van der Waals surface area contributed by atoms with E-state index in [4.69, 9.17) is 5.11 Å². The highest BCUT2D eigenvalue weighted by molar-refractivity contribution is 5.82. The van der Waals surface area contributed by atoms with Crippen LogP contribution in [-0.4, -0.2) is 71.8 Å². The summed E-state index contributed by atoms with van der Waals surface area (Å²) in [6, 6.07) is -1.53. The van der Waals surface area contributed by atoms with Gasteiger partial charge in [-0.15, -0.1) is 0 Å². The second kappa shape index (κ2) is 6.78. The van der Waals surface area contributed by atoms with Gasteiger partial charge in [-0.05, 0) is 6.42 Å². The molecule has 0 saturated carbocycles. The van der Waals surface area contributed by atoms with Crippen LogP contribution in [0.5, 0.6) is 0 Å². The molecule has 1 rings (SSSR count). The van der Waals surface area contributed by atoms with E-state index in [9.17, 15) is 22.8 Å². The summed E-state index contributed by atoms with van der Waals surface area (Å²) in [4.78, 5) is 25.1. The van der Waals surface area contributed by atoms with Crippen LogP contribution in [0.3, 0.4) is 0 Å². The fourth-order valence-corrected chi connectivity index (χ4v) is 1.94. The number of aliphatic carboxylic acids is 1. The number of hydrogen-bond donors (Lipinski definition) is 2. The minimum Gasteiger partial charge on any atom is -0.480 e. The summed E-state index contributed by atoms with van der Waals surface area (Å²) in [5.74, 6) is -1.13. The molecule has 1 fully saturated rings. The fourth-order valence-electron chi connectivity index (χ4n) is 1.94. The first-order valence-electron chi connectivity index (χ1n) is 6.30.